The highest BCUT2D eigenvalue weighted by Gasteiger charge is 2.24. The van der Waals surface area contributed by atoms with Crippen LogP contribution in [0.3, 0.4) is 0 Å². The van der Waals surface area contributed by atoms with Crippen molar-refractivity contribution in [2.45, 2.75) is 6.42 Å². The van der Waals surface area contributed by atoms with Crippen LogP contribution in [0.15, 0.2) is 24.3 Å². The van der Waals surface area contributed by atoms with E-state index >= 15 is 0 Å². The van der Waals surface area contributed by atoms with Gasteiger partial charge in [-0.15, -0.1) is 0 Å². The van der Waals surface area contributed by atoms with E-state index in [2.05, 4.69) is 5.32 Å². The number of nitrogens with one attached hydrogen (secondary N) is 1. The normalized spacial score (nSPS) is 17.2. The van der Waals surface area contributed by atoms with Crippen LogP contribution in [-0.2, 0) is 21.1 Å². The average molecular weight is 312 g/mol. The molecule has 1 aliphatic rings. The molecule has 1 aromatic carbocycles. The maximum Gasteiger partial charge on any atom is 0.321 e. The van der Waals surface area contributed by atoms with Crippen LogP contribution >= 0.6 is 0 Å². The average Bonchev–Trinajstić information content (AvgIpc) is 2.38. The van der Waals surface area contributed by atoms with Gasteiger partial charge in [-0.25, -0.2) is 13.2 Å². The lowest BCUT2D eigenvalue weighted by Crippen LogP contribution is -2.45. The number of carbonyl (C=O) groups is 2. The van der Waals surface area contributed by atoms with Gasteiger partial charge < -0.3 is 15.3 Å². The van der Waals surface area contributed by atoms with Gasteiger partial charge in [-0.2, -0.15) is 0 Å². The SMILES string of the molecule is O=C(O)Cc1cccc(NC(=O)N2CCS(=O)(=O)CC2)c1. The number of hydrogen-bond donors (Lipinski definition) is 2. The summed E-state index contributed by atoms with van der Waals surface area (Å²) >= 11 is 0. The lowest BCUT2D eigenvalue weighted by atomic mass is 10.1. The Balaban J connectivity index is 1.98. The van der Waals surface area contributed by atoms with Gasteiger partial charge in [0.25, 0.3) is 0 Å². The van der Waals surface area contributed by atoms with Gasteiger partial charge >= 0.3 is 12.0 Å². The minimum atomic E-state index is -3.03. The van der Waals surface area contributed by atoms with Gasteiger partial charge in [0.1, 0.15) is 0 Å². The molecule has 1 aromatic rings. The molecule has 8 heteroatoms. The van der Waals surface area contributed by atoms with Gasteiger partial charge in [-0.05, 0) is 17.7 Å². The van der Waals surface area contributed by atoms with Crippen molar-refractivity contribution in [1.82, 2.24) is 4.90 Å². The summed E-state index contributed by atoms with van der Waals surface area (Å²) in [6.45, 7) is 0.339. The number of sulfone groups is 1. The minimum absolute atomic E-state index is 0.0283. The molecular weight excluding hydrogens is 296 g/mol. The molecule has 1 saturated heterocycles. The van der Waals surface area contributed by atoms with Crippen molar-refractivity contribution in [3.8, 4) is 0 Å². The molecule has 21 heavy (non-hydrogen) atoms. The molecule has 0 spiro atoms. The summed E-state index contributed by atoms with van der Waals surface area (Å²) in [6.07, 6.45) is -0.119. The van der Waals surface area contributed by atoms with E-state index in [1.165, 1.54) is 4.90 Å². The summed E-state index contributed by atoms with van der Waals surface area (Å²) in [5.41, 5.74) is 1.08. The van der Waals surface area contributed by atoms with Gasteiger partial charge in [-0.1, -0.05) is 12.1 Å². The molecule has 0 saturated carbocycles. The Morgan fingerprint density at radius 1 is 1.24 bits per heavy atom. The van der Waals surface area contributed by atoms with Crippen molar-refractivity contribution in [3.63, 3.8) is 0 Å². The van der Waals surface area contributed by atoms with Gasteiger partial charge in [0.15, 0.2) is 9.84 Å². The molecule has 0 aliphatic carbocycles. The Labute approximate surface area is 122 Å². The Bertz CT molecular complexity index is 642. The molecule has 0 atom stereocenters. The van der Waals surface area contributed by atoms with E-state index in [4.69, 9.17) is 5.11 Å². The van der Waals surface area contributed by atoms with Crippen molar-refractivity contribution in [1.29, 1.82) is 0 Å². The van der Waals surface area contributed by atoms with Crippen LogP contribution in [-0.4, -0.2) is 55.0 Å². The zero-order valence-electron chi connectivity index (χ0n) is 11.3. The van der Waals surface area contributed by atoms with E-state index < -0.39 is 15.8 Å². The summed E-state index contributed by atoms with van der Waals surface area (Å²) in [4.78, 5) is 24.1. The van der Waals surface area contributed by atoms with Crippen LogP contribution in [0.5, 0.6) is 0 Å². The number of hydrogen-bond acceptors (Lipinski definition) is 4. The summed E-state index contributed by atoms with van der Waals surface area (Å²) in [5.74, 6) is -1.00. The fraction of sp³-hybridized carbons (Fsp3) is 0.385. The number of carbonyl (C=O) groups excluding carboxylic acids is 1. The number of amides is 2. The van der Waals surface area contributed by atoms with Crippen molar-refractivity contribution in [3.05, 3.63) is 29.8 Å². The standard InChI is InChI=1S/C13H16N2O5S/c16-12(17)9-10-2-1-3-11(8-10)14-13(18)15-4-6-21(19,20)7-5-15/h1-3,8H,4-7,9H2,(H,14,18)(H,16,17). The Kier molecular flexibility index (Phi) is 4.46. The third-order valence-corrected chi connectivity index (χ3v) is 4.77. The van der Waals surface area contributed by atoms with E-state index in [1.54, 1.807) is 24.3 Å². The van der Waals surface area contributed by atoms with Crippen molar-refractivity contribution in [2.75, 3.05) is 29.9 Å². The molecule has 0 aromatic heterocycles. The topological polar surface area (TPSA) is 104 Å². The number of benzene rings is 1. The second-order valence-corrected chi connectivity index (χ2v) is 7.14. The van der Waals surface area contributed by atoms with Crippen molar-refractivity contribution < 1.29 is 23.1 Å². The molecule has 0 unspecified atom stereocenters. The molecule has 1 aliphatic heterocycles. The largest absolute Gasteiger partial charge is 0.481 e. The highest BCUT2D eigenvalue weighted by Crippen LogP contribution is 2.13. The quantitative estimate of drug-likeness (QED) is 0.849. The number of rotatable bonds is 3. The molecule has 2 rings (SSSR count). The first-order valence-corrected chi connectivity index (χ1v) is 8.25. The van der Waals surface area contributed by atoms with E-state index in [0.717, 1.165) is 0 Å². The maximum absolute atomic E-state index is 12.0. The van der Waals surface area contributed by atoms with Crippen molar-refractivity contribution >= 4 is 27.5 Å². The summed E-state index contributed by atoms with van der Waals surface area (Å²) < 4.78 is 22.6. The second-order valence-electron chi connectivity index (χ2n) is 4.84. The van der Waals surface area contributed by atoms with Crippen molar-refractivity contribution in [2.24, 2.45) is 0 Å². The van der Waals surface area contributed by atoms with Gasteiger partial charge in [0, 0.05) is 18.8 Å². The van der Waals surface area contributed by atoms with Crippen LogP contribution in [0.1, 0.15) is 5.56 Å². The molecule has 114 valence electrons. The van der Waals surface area contributed by atoms with E-state index in [-0.39, 0.29) is 37.0 Å². The zero-order chi connectivity index (χ0) is 15.5. The fourth-order valence-corrected chi connectivity index (χ4v) is 3.25. The third-order valence-electron chi connectivity index (χ3n) is 3.17. The molecule has 1 fully saturated rings. The number of nitrogens with zero attached hydrogens (tertiary/aromatic N) is 1. The first-order chi connectivity index (χ1) is 9.85. The van der Waals surface area contributed by atoms with E-state index in [1.807, 2.05) is 0 Å². The summed E-state index contributed by atoms with van der Waals surface area (Å²) in [6, 6.07) is 6.19. The predicted octanol–water partition coefficient (Wildman–Crippen LogP) is 0.576. The molecule has 2 N–H and O–H groups in total. The van der Waals surface area contributed by atoms with Gasteiger partial charge in [0.2, 0.25) is 0 Å². The summed E-state index contributed by atoms with van der Waals surface area (Å²) in [5, 5.41) is 11.4. The highest BCUT2D eigenvalue weighted by atomic mass is 32.2. The zero-order valence-corrected chi connectivity index (χ0v) is 12.1. The van der Waals surface area contributed by atoms with Crippen LogP contribution in [0, 0.1) is 0 Å². The minimum Gasteiger partial charge on any atom is -0.481 e. The Hall–Kier alpha value is -2.09. The number of urea groups is 1. The van der Waals surface area contributed by atoms with Crippen LogP contribution < -0.4 is 5.32 Å². The summed E-state index contributed by atoms with van der Waals surface area (Å²) in [7, 11) is -3.03. The lowest BCUT2D eigenvalue weighted by molar-refractivity contribution is -0.136. The molecule has 2 amide bonds. The third kappa shape index (κ3) is 4.45. The Morgan fingerprint density at radius 3 is 2.52 bits per heavy atom. The van der Waals surface area contributed by atoms with E-state index in [0.29, 0.717) is 11.3 Å². The number of aliphatic carboxylic acids is 1. The fourth-order valence-electron chi connectivity index (χ4n) is 2.05. The van der Waals surface area contributed by atoms with E-state index in [9.17, 15) is 18.0 Å². The highest BCUT2D eigenvalue weighted by molar-refractivity contribution is 7.91. The van der Waals surface area contributed by atoms with Crippen LogP contribution in [0.4, 0.5) is 10.5 Å². The second kappa shape index (κ2) is 6.13. The Morgan fingerprint density at radius 2 is 1.90 bits per heavy atom. The molecular formula is C13H16N2O5S. The molecule has 0 bridgehead atoms. The number of anilines is 1. The number of carboxylic acid groups (broad SMARTS) is 1. The molecule has 0 radical (unpaired) electrons. The smallest absolute Gasteiger partial charge is 0.321 e. The maximum atomic E-state index is 12.0. The van der Waals surface area contributed by atoms with Gasteiger partial charge in [-0.3, -0.25) is 4.79 Å². The monoisotopic (exact) mass is 312 g/mol. The predicted molar refractivity (Wildman–Crippen MR) is 77.0 cm³/mol. The first kappa shape index (κ1) is 15.3. The van der Waals surface area contributed by atoms with Gasteiger partial charge in [0.05, 0.1) is 17.9 Å². The molecule has 1 heterocycles. The molecule has 7 nitrogen and oxygen atoms in total. The first-order valence-electron chi connectivity index (χ1n) is 6.43. The number of carboxylic acids is 1. The van der Waals surface area contributed by atoms with Crippen LogP contribution in [0.25, 0.3) is 0 Å². The van der Waals surface area contributed by atoms with Crippen LogP contribution in [0.2, 0.25) is 0 Å². The lowest BCUT2D eigenvalue weighted by Gasteiger charge is -2.26.